The van der Waals surface area contributed by atoms with Crippen LogP contribution in [0.1, 0.15) is 44.4 Å². The molecule has 0 bridgehead atoms. The van der Waals surface area contributed by atoms with Gasteiger partial charge in [0.25, 0.3) is 0 Å². The van der Waals surface area contributed by atoms with Crippen molar-refractivity contribution in [3.8, 4) is 0 Å². The first-order chi connectivity index (χ1) is 8.54. The quantitative estimate of drug-likeness (QED) is 0.881. The fraction of sp³-hybridized carbons (Fsp3) is 0.625. The summed E-state index contributed by atoms with van der Waals surface area (Å²) in [7, 11) is 1.77. The highest BCUT2D eigenvalue weighted by Crippen LogP contribution is 2.43. The fourth-order valence-corrected chi connectivity index (χ4v) is 2.82. The molecule has 0 saturated carbocycles. The molecule has 1 N–H and O–H groups in total. The van der Waals surface area contributed by atoms with Crippen LogP contribution in [-0.2, 0) is 11.2 Å². The molecule has 0 aliphatic heterocycles. The topological polar surface area (TPSA) is 21.3 Å². The SMILES string of the molecule is COC(C)CNC1c2ccccc2CCC1(C)C. The highest BCUT2D eigenvalue weighted by atomic mass is 16.5. The molecule has 2 nitrogen and oxygen atoms in total. The van der Waals surface area contributed by atoms with Gasteiger partial charge in [0.2, 0.25) is 0 Å². The van der Waals surface area contributed by atoms with Gasteiger partial charge in [-0.25, -0.2) is 0 Å². The van der Waals surface area contributed by atoms with E-state index in [-0.39, 0.29) is 6.10 Å². The van der Waals surface area contributed by atoms with Crippen molar-refractivity contribution < 1.29 is 4.74 Å². The van der Waals surface area contributed by atoms with Crippen molar-refractivity contribution in [2.75, 3.05) is 13.7 Å². The van der Waals surface area contributed by atoms with Gasteiger partial charge in [0, 0.05) is 19.7 Å². The molecule has 2 heteroatoms. The maximum Gasteiger partial charge on any atom is 0.0667 e. The summed E-state index contributed by atoms with van der Waals surface area (Å²) in [5, 5.41) is 3.69. The van der Waals surface area contributed by atoms with E-state index in [4.69, 9.17) is 4.74 Å². The van der Waals surface area contributed by atoms with Gasteiger partial charge in [0.15, 0.2) is 0 Å². The van der Waals surface area contributed by atoms with E-state index in [1.54, 1.807) is 7.11 Å². The third-order valence-electron chi connectivity index (χ3n) is 4.20. The molecule has 0 heterocycles. The van der Waals surface area contributed by atoms with Crippen LogP contribution in [0.5, 0.6) is 0 Å². The van der Waals surface area contributed by atoms with Gasteiger partial charge in [0.1, 0.15) is 0 Å². The van der Waals surface area contributed by atoms with Crippen molar-refractivity contribution in [3.63, 3.8) is 0 Å². The van der Waals surface area contributed by atoms with E-state index < -0.39 is 0 Å². The van der Waals surface area contributed by atoms with E-state index in [0.29, 0.717) is 11.5 Å². The van der Waals surface area contributed by atoms with E-state index in [1.165, 1.54) is 24.0 Å². The first-order valence-electron chi connectivity index (χ1n) is 6.88. The summed E-state index contributed by atoms with van der Waals surface area (Å²) >= 11 is 0. The van der Waals surface area contributed by atoms with Crippen LogP contribution in [-0.4, -0.2) is 19.8 Å². The van der Waals surface area contributed by atoms with Gasteiger partial charge in [-0.1, -0.05) is 38.1 Å². The lowest BCUT2D eigenvalue weighted by atomic mass is 9.70. The number of benzene rings is 1. The Kier molecular flexibility index (Phi) is 4.08. The largest absolute Gasteiger partial charge is 0.380 e. The van der Waals surface area contributed by atoms with E-state index in [2.05, 4.69) is 50.4 Å². The number of rotatable bonds is 4. The van der Waals surface area contributed by atoms with Crippen molar-refractivity contribution in [1.29, 1.82) is 0 Å². The zero-order chi connectivity index (χ0) is 13.2. The first-order valence-corrected chi connectivity index (χ1v) is 6.88. The molecule has 0 aromatic heterocycles. The van der Waals surface area contributed by atoms with Gasteiger partial charge < -0.3 is 10.1 Å². The molecule has 1 aliphatic rings. The van der Waals surface area contributed by atoms with Crippen LogP contribution in [0.4, 0.5) is 0 Å². The van der Waals surface area contributed by atoms with E-state index >= 15 is 0 Å². The molecule has 1 aliphatic carbocycles. The Labute approximate surface area is 111 Å². The zero-order valence-electron chi connectivity index (χ0n) is 12.0. The van der Waals surface area contributed by atoms with Crippen LogP contribution in [0.3, 0.4) is 0 Å². The summed E-state index contributed by atoms with van der Waals surface area (Å²) in [5.41, 5.74) is 3.28. The molecule has 0 radical (unpaired) electrons. The summed E-state index contributed by atoms with van der Waals surface area (Å²) in [5.74, 6) is 0. The average molecular weight is 247 g/mol. The Morgan fingerprint density at radius 2 is 2.11 bits per heavy atom. The molecule has 1 aromatic carbocycles. The van der Waals surface area contributed by atoms with Crippen molar-refractivity contribution >= 4 is 0 Å². The molecule has 0 spiro atoms. The number of fused-ring (bicyclic) bond motifs is 1. The molecule has 2 rings (SSSR count). The minimum absolute atomic E-state index is 0.259. The minimum atomic E-state index is 0.259. The Morgan fingerprint density at radius 1 is 1.39 bits per heavy atom. The Hall–Kier alpha value is -0.860. The molecule has 0 fully saturated rings. The lowest BCUT2D eigenvalue weighted by molar-refractivity contribution is 0.102. The number of nitrogens with one attached hydrogen (secondary N) is 1. The molecular formula is C16H25NO. The van der Waals surface area contributed by atoms with E-state index in [0.717, 1.165) is 6.54 Å². The van der Waals surface area contributed by atoms with Gasteiger partial charge in [-0.2, -0.15) is 0 Å². The predicted molar refractivity (Wildman–Crippen MR) is 75.8 cm³/mol. The average Bonchev–Trinajstić information content (AvgIpc) is 2.36. The van der Waals surface area contributed by atoms with Gasteiger partial charge in [-0.05, 0) is 36.3 Å². The van der Waals surface area contributed by atoms with Crippen LogP contribution in [0.15, 0.2) is 24.3 Å². The number of aryl methyl sites for hydroxylation is 1. The number of methoxy groups -OCH3 is 1. The van der Waals surface area contributed by atoms with Crippen LogP contribution < -0.4 is 5.32 Å². The summed E-state index contributed by atoms with van der Waals surface area (Å²) in [4.78, 5) is 0. The predicted octanol–water partition coefficient (Wildman–Crippen LogP) is 3.32. The van der Waals surface area contributed by atoms with E-state index in [9.17, 15) is 0 Å². The normalized spacial score (nSPS) is 23.4. The molecule has 100 valence electrons. The van der Waals surface area contributed by atoms with Crippen LogP contribution >= 0.6 is 0 Å². The maximum atomic E-state index is 5.33. The Bertz CT molecular complexity index is 400. The van der Waals surface area contributed by atoms with Gasteiger partial charge in [0.05, 0.1) is 6.10 Å². The van der Waals surface area contributed by atoms with Crippen molar-refractivity contribution in [2.45, 2.75) is 45.8 Å². The number of ether oxygens (including phenoxy) is 1. The zero-order valence-corrected chi connectivity index (χ0v) is 12.0. The third kappa shape index (κ3) is 2.76. The van der Waals surface area contributed by atoms with Crippen molar-refractivity contribution in [2.24, 2.45) is 5.41 Å². The minimum Gasteiger partial charge on any atom is -0.380 e. The van der Waals surface area contributed by atoms with Crippen LogP contribution in [0.2, 0.25) is 0 Å². The van der Waals surface area contributed by atoms with Crippen molar-refractivity contribution in [3.05, 3.63) is 35.4 Å². The molecule has 2 unspecified atom stereocenters. The number of hydrogen-bond acceptors (Lipinski definition) is 2. The first kappa shape index (κ1) is 13.6. The molecule has 1 aromatic rings. The third-order valence-corrected chi connectivity index (χ3v) is 4.20. The lowest BCUT2D eigenvalue weighted by Gasteiger charge is -2.41. The smallest absolute Gasteiger partial charge is 0.0667 e. The summed E-state index contributed by atoms with van der Waals surface area (Å²) in [6.45, 7) is 7.73. The standard InChI is InChI=1S/C16H25NO/c1-12(18-4)11-17-15-14-8-6-5-7-13(14)9-10-16(15,2)3/h5-8,12,15,17H,9-11H2,1-4H3. The molecule has 0 saturated heterocycles. The number of hydrogen-bond donors (Lipinski definition) is 1. The maximum absolute atomic E-state index is 5.33. The molecule has 0 amide bonds. The second kappa shape index (κ2) is 5.41. The summed E-state index contributed by atoms with van der Waals surface area (Å²) < 4.78 is 5.33. The Morgan fingerprint density at radius 3 is 2.83 bits per heavy atom. The molecular weight excluding hydrogens is 222 g/mol. The monoisotopic (exact) mass is 247 g/mol. The highest BCUT2D eigenvalue weighted by Gasteiger charge is 2.35. The van der Waals surface area contributed by atoms with Gasteiger partial charge in [-0.3, -0.25) is 0 Å². The second-order valence-electron chi connectivity index (χ2n) is 6.07. The van der Waals surface area contributed by atoms with Gasteiger partial charge in [-0.15, -0.1) is 0 Å². The fourth-order valence-electron chi connectivity index (χ4n) is 2.82. The van der Waals surface area contributed by atoms with Gasteiger partial charge >= 0.3 is 0 Å². The molecule has 2 atom stereocenters. The van der Waals surface area contributed by atoms with Crippen LogP contribution in [0.25, 0.3) is 0 Å². The lowest BCUT2D eigenvalue weighted by Crippen LogP contribution is -2.41. The summed E-state index contributed by atoms with van der Waals surface area (Å²) in [6, 6.07) is 9.26. The highest BCUT2D eigenvalue weighted by molar-refractivity contribution is 5.34. The van der Waals surface area contributed by atoms with Crippen molar-refractivity contribution in [1.82, 2.24) is 5.32 Å². The second-order valence-corrected chi connectivity index (χ2v) is 6.07. The van der Waals surface area contributed by atoms with Crippen LogP contribution in [0, 0.1) is 5.41 Å². The van der Waals surface area contributed by atoms with E-state index in [1.807, 2.05) is 0 Å². The Balaban J connectivity index is 2.19. The molecule has 18 heavy (non-hydrogen) atoms. The summed E-state index contributed by atoms with van der Waals surface area (Å²) in [6.07, 6.45) is 2.69.